The molecule has 3 N–H and O–H groups in total. The minimum absolute atomic E-state index is 0.780. The average molecular weight is 258 g/mol. The molecule has 0 aromatic heterocycles. The summed E-state index contributed by atoms with van der Waals surface area (Å²) in [5, 5.41) is 3.36. The first kappa shape index (κ1) is 17.9. The van der Waals surface area contributed by atoms with Gasteiger partial charge in [0.15, 0.2) is 0 Å². The molecule has 0 aromatic rings. The van der Waals surface area contributed by atoms with Crippen LogP contribution >= 0.6 is 0 Å². The van der Waals surface area contributed by atoms with Crippen molar-refractivity contribution in [2.45, 2.75) is 64.7 Å². The van der Waals surface area contributed by atoms with Crippen molar-refractivity contribution in [3.63, 3.8) is 0 Å². The Balaban J connectivity index is 2.86. The molecule has 0 aliphatic carbocycles. The first-order chi connectivity index (χ1) is 8.91. The summed E-state index contributed by atoms with van der Waals surface area (Å²) in [7, 11) is 0. The molecule has 3 nitrogen and oxygen atoms in total. The van der Waals surface area contributed by atoms with Gasteiger partial charge in [-0.3, -0.25) is 0 Å². The van der Waals surface area contributed by atoms with Gasteiger partial charge in [-0.25, -0.2) is 0 Å². The third-order valence-electron chi connectivity index (χ3n) is 3.09. The summed E-state index contributed by atoms with van der Waals surface area (Å²) in [6.07, 6.45) is 11.7. The van der Waals surface area contributed by atoms with Crippen molar-refractivity contribution < 1.29 is 4.74 Å². The molecule has 0 atom stereocenters. The van der Waals surface area contributed by atoms with E-state index < -0.39 is 0 Å². The standard InChI is InChI=1S/C15H34N2O/c1-2-3-4-5-6-7-8-14-18-15-10-13-17-12-9-11-16/h17H,2-16H2,1H3. The van der Waals surface area contributed by atoms with Gasteiger partial charge in [0.2, 0.25) is 0 Å². The lowest BCUT2D eigenvalue weighted by Gasteiger charge is -2.05. The second-order valence-electron chi connectivity index (χ2n) is 4.98. The van der Waals surface area contributed by atoms with Crippen molar-refractivity contribution in [2.24, 2.45) is 5.73 Å². The number of nitrogens with one attached hydrogen (secondary N) is 1. The first-order valence-corrected chi connectivity index (χ1v) is 7.90. The minimum atomic E-state index is 0.780. The van der Waals surface area contributed by atoms with Crippen LogP contribution in [0.25, 0.3) is 0 Å². The van der Waals surface area contributed by atoms with E-state index in [0.717, 1.165) is 45.7 Å². The largest absolute Gasteiger partial charge is 0.381 e. The van der Waals surface area contributed by atoms with Crippen molar-refractivity contribution in [2.75, 3.05) is 32.8 Å². The zero-order valence-corrected chi connectivity index (χ0v) is 12.4. The summed E-state index contributed by atoms with van der Waals surface area (Å²) in [5.74, 6) is 0. The fourth-order valence-electron chi connectivity index (χ4n) is 1.91. The van der Waals surface area contributed by atoms with E-state index in [1.165, 1.54) is 44.9 Å². The van der Waals surface area contributed by atoms with E-state index in [9.17, 15) is 0 Å². The van der Waals surface area contributed by atoms with Gasteiger partial charge in [0.25, 0.3) is 0 Å². The molecule has 0 heterocycles. The van der Waals surface area contributed by atoms with Crippen LogP contribution in [-0.4, -0.2) is 32.8 Å². The summed E-state index contributed by atoms with van der Waals surface area (Å²) in [6, 6.07) is 0. The van der Waals surface area contributed by atoms with E-state index in [1.54, 1.807) is 0 Å². The lowest BCUT2D eigenvalue weighted by atomic mass is 10.1. The van der Waals surface area contributed by atoms with Gasteiger partial charge in [-0.15, -0.1) is 0 Å². The van der Waals surface area contributed by atoms with Crippen LogP contribution in [0.3, 0.4) is 0 Å². The molecule has 0 bridgehead atoms. The summed E-state index contributed by atoms with van der Waals surface area (Å²) in [5.41, 5.74) is 5.41. The Morgan fingerprint density at radius 3 is 2.11 bits per heavy atom. The van der Waals surface area contributed by atoms with Gasteiger partial charge >= 0.3 is 0 Å². The van der Waals surface area contributed by atoms with Gasteiger partial charge in [-0.1, -0.05) is 45.4 Å². The van der Waals surface area contributed by atoms with Crippen molar-refractivity contribution in [3.8, 4) is 0 Å². The zero-order chi connectivity index (χ0) is 13.3. The Morgan fingerprint density at radius 2 is 1.39 bits per heavy atom. The molecule has 0 aliphatic rings. The second-order valence-corrected chi connectivity index (χ2v) is 4.98. The monoisotopic (exact) mass is 258 g/mol. The molecule has 18 heavy (non-hydrogen) atoms. The predicted molar refractivity (Wildman–Crippen MR) is 80.0 cm³/mol. The highest BCUT2D eigenvalue weighted by Gasteiger charge is 1.92. The maximum Gasteiger partial charge on any atom is 0.0478 e. The van der Waals surface area contributed by atoms with E-state index in [-0.39, 0.29) is 0 Å². The number of unbranched alkanes of at least 4 members (excludes halogenated alkanes) is 6. The molecule has 0 unspecified atom stereocenters. The van der Waals surface area contributed by atoms with Crippen molar-refractivity contribution in [3.05, 3.63) is 0 Å². The Morgan fingerprint density at radius 1 is 0.778 bits per heavy atom. The van der Waals surface area contributed by atoms with Crippen LogP contribution in [0.5, 0.6) is 0 Å². The molecule has 0 saturated heterocycles. The molecule has 3 heteroatoms. The fraction of sp³-hybridized carbons (Fsp3) is 1.00. The molecule has 0 rings (SSSR count). The Labute approximate surface area is 114 Å². The molecule has 0 radical (unpaired) electrons. The Bertz CT molecular complexity index is 126. The molecule has 0 aromatic carbocycles. The van der Waals surface area contributed by atoms with Crippen molar-refractivity contribution in [1.29, 1.82) is 0 Å². The summed E-state index contributed by atoms with van der Waals surface area (Å²) < 4.78 is 5.60. The van der Waals surface area contributed by atoms with Crippen LogP contribution in [0, 0.1) is 0 Å². The lowest BCUT2D eigenvalue weighted by Crippen LogP contribution is -2.20. The normalized spacial score (nSPS) is 11.0. The number of hydrogen-bond donors (Lipinski definition) is 2. The quantitative estimate of drug-likeness (QED) is 0.444. The lowest BCUT2D eigenvalue weighted by molar-refractivity contribution is 0.127. The van der Waals surface area contributed by atoms with Crippen LogP contribution in [0.2, 0.25) is 0 Å². The van der Waals surface area contributed by atoms with Crippen molar-refractivity contribution >= 4 is 0 Å². The molecule has 0 amide bonds. The highest BCUT2D eigenvalue weighted by atomic mass is 16.5. The third kappa shape index (κ3) is 15.9. The van der Waals surface area contributed by atoms with Crippen LogP contribution in [0.15, 0.2) is 0 Å². The first-order valence-electron chi connectivity index (χ1n) is 7.90. The van der Waals surface area contributed by atoms with Gasteiger partial charge in [-0.05, 0) is 38.9 Å². The molecular formula is C15H34N2O. The predicted octanol–water partition coefficient (Wildman–Crippen LogP) is 3.08. The SMILES string of the molecule is CCCCCCCCCOCCCNCCCN. The Kier molecular flexibility index (Phi) is 16.8. The van der Waals surface area contributed by atoms with Gasteiger partial charge < -0.3 is 15.8 Å². The zero-order valence-electron chi connectivity index (χ0n) is 12.4. The minimum Gasteiger partial charge on any atom is -0.381 e. The number of nitrogens with two attached hydrogens (primary N) is 1. The summed E-state index contributed by atoms with van der Waals surface area (Å²) in [6.45, 7) is 6.97. The summed E-state index contributed by atoms with van der Waals surface area (Å²) >= 11 is 0. The third-order valence-corrected chi connectivity index (χ3v) is 3.09. The van der Waals surface area contributed by atoms with Crippen LogP contribution in [0.4, 0.5) is 0 Å². The average Bonchev–Trinajstić information content (AvgIpc) is 2.39. The second kappa shape index (κ2) is 16.9. The van der Waals surface area contributed by atoms with E-state index >= 15 is 0 Å². The molecule has 0 spiro atoms. The van der Waals surface area contributed by atoms with Gasteiger partial charge in [0.1, 0.15) is 0 Å². The molecule has 110 valence electrons. The topological polar surface area (TPSA) is 47.3 Å². The van der Waals surface area contributed by atoms with Gasteiger partial charge in [0.05, 0.1) is 0 Å². The summed E-state index contributed by atoms with van der Waals surface area (Å²) in [4.78, 5) is 0. The number of rotatable bonds is 15. The van der Waals surface area contributed by atoms with Crippen LogP contribution in [0.1, 0.15) is 64.7 Å². The highest BCUT2D eigenvalue weighted by molar-refractivity contribution is 4.49. The van der Waals surface area contributed by atoms with E-state index in [4.69, 9.17) is 10.5 Å². The molecule has 0 fully saturated rings. The fourth-order valence-corrected chi connectivity index (χ4v) is 1.91. The number of ether oxygens (including phenoxy) is 1. The van der Waals surface area contributed by atoms with E-state index in [0.29, 0.717) is 0 Å². The highest BCUT2D eigenvalue weighted by Crippen LogP contribution is 2.06. The maximum absolute atomic E-state index is 5.60. The van der Waals surface area contributed by atoms with Crippen LogP contribution < -0.4 is 11.1 Å². The molecule has 0 aliphatic heterocycles. The smallest absolute Gasteiger partial charge is 0.0478 e. The van der Waals surface area contributed by atoms with E-state index in [1.807, 2.05) is 0 Å². The number of hydrogen-bond acceptors (Lipinski definition) is 3. The van der Waals surface area contributed by atoms with E-state index in [2.05, 4.69) is 12.2 Å². The van der Waals surface area contributed by atoms with Gasteiger partial charge in [0, 0.05) is 13.2 Å². The molecule has 0 saturated carbocycles. The Hall–Kier alpha value is -0.120. The van der Waals surface area contributed by atoms with Crippen molar-refractivity contribution in [1.82, 2.24) is 5.32 Å². The van der Waals surface area contributed by atoms with Crippen LogP contribution in [-0.2, 0) is 4.74 Å². The van der Waals surface area contributed by atoms with Gasteiger partial charge in [-0.2, -0.15) is 0 Å². The maximum atomic E-state index is 5.60. The molecular weight excluding hydrogens is 224 g/mol.